The normalized spacial score (nSPS) is 20.3. The van der Waals surface area contributed by atoms with Crippen LogP contribution in [0.1, 0.15) is 58.7 Å². The van der Waals surface area contributed by atoms with Crippen molar-refractivity contribution in [3.05, 3.63) is 61.8 Å². The maximum atomic E-state index is 13.4. The van der Waals surface area contributed by atoms with Crippen LogP contribution in [0.2, 0.25) is 5.02 Å². The summed E-state index contributed by atoms with van der Waals surface area (Å²) in [6.07, 6.45) is 1.57. The van der Waals surface area contributed by atoms with E-state index in [9.17, 15) is 23.9 Å². The van der Waals surface area contributed by atoms with Crippen LogP contribution in [0, 0.1) is 5.82 Å². The second-order valence-electron chi connectivity index (χ2n) is 8.25. The number of aromatic nitrogens is 1. The van der Waals surface area contributed by atoms with Crippen molar-refractivity contribution in [1.29, 1.82) is 0 Å². The fourth-order valence-corrected chi connectivity index (χ4v) is 4.87. The van der Waals surface area contributed by atoms with E-state index in [1.54, 1.807) is 14.0 Å². The molecule has 0 saturated heterocycles. The number of halogens is 2. The number of carbonyl (C=O) groups is 2. The minimum Gasteiger partial charge on any atom is -0.502 e. The van der Waals surface area contributed by atoms with Crippen molar-refractivity contribution in [3.63, 3.8) is 0 Å². The van der Waals surface area contributed by atoms with E-state index in [2.05, 4.69) is 0 Å². The highest BCUT2D eigenvalue weighted by atomic mass is 35.5. The first-order valence-electron chi connectivity index (χ1n) is 10.1. The first-order valence-corrected chi connectivity index (χ1v) is 10.5. The Kier molecular flexibility index (Phi) is 5.08. The number of carbonyl (C=O) groups excluding carboxylic acids is 2. The average Bonchev–Trinajstić information content (AvgIpc) is 2.92. The molecule has 0 aliphatic carbocycles. The van der Waals surface area contributed by atoms with E-state index < -0.39 is 28.7 Å². The van der Waals surface area contributed by atoms with Gasteiger partial charge in [-0.1, -0.05) is 31.0 Å². The number of nitrogens with zero attached hydrogens (tertiary/aromatic N) is 3. The van der Waals surface area contributed by atoms with Gasteiger partial charge in [0.15, 0.2) is 5.75 Å². The van der Waals surface area contributed by atoms with Gasteiger partial charge in [0.2, 0.25) is 0 Å². The van der Waals surface area contributed by atoms with Gasteiger partial charge in [-0.25, -0.2) is 4.39 Å². The average molecular weight is 448 g/mol. The summed E-state index contributed by atoms with van der Waals surface area (Å²) >= 11 is 5.84. The third-order valence-electron chi connectivity index (χ3n) is 6.38. The van der Waals surface area contributed by atoms with Crippen LogP contribution in [0.15, 0.2) is 23.0 Å². The molecule has 0 saturated carbocycles. The molecular weight excluding hydrogens is 425 g/mol. The van der Waals surface area contributed by atoms with Gasteiger partial charge in [-0.3, -0.25) is 19.0 Å². The van der Waals surface area contributed by atoms with Gasteiger partial charge in [-0.15, -0.1) is 0 Å². The number of fused-ring (bicyclic) bond motifs is 3. The van der Waals surface area contributed by atoms with E-state index in [1.165, 1.54) is 32.6 Å². The molecule has 2 amide bonds. The van der Waals surface area contributed by atoms with Crippen molar-refractivity contribution < 1.29 is 19.1 Å². The lowest BCUT2D eigenvalue weighted by Gasteiger charge is -2.34. The quantitative estimate of drug-likeness (QED) is 0.780. The zero-order valence-corrected chi connectivity index (χ0v) is 18.3. The van der Waals surface area contributed by atoms with Gasteiger partial charge in [0.25, 0.3) is 17.4 Å². The van der Waals surface area contributed by atoms with Gasteiger partial charge < -0.3 is 14.9 Å². The molecule has 0 bridgehead atoms. The monoisotopic (exact) mass is 447 g/mol. The molecule has 7 nitrogen and oxygen atoms in total. The van der Waals surface area contributed by atoms with Gasteiger partial charge in [0.05, 0.1) is 10.6 Å². The number of amides is 2. The Morgan fingerprint density at radius 2 is 1.94 bits per heavy atom. The fourth-order valence-electron chi connectivity index (χ4n) is 4.67. The maximum absolute atomic E-state index is 13.4. The van der Waals surface area contributed by atoms with Crippen molar-refractivity contribution in [3.8, 4) is 5.75 Å². The molecule has 1 unspecified atom stereocenters. The van der Waals surface area contributed by atoms with Crippen molar-refractivity contribution in [2.24, 2.45) is 0 Å². The second kappa shape index (κ2) is 7.37. The molecule has 3 heterocycles. The molecule has 31 heavy (non-hydrogen) atoms. The first-order chi connectivity index (χ1) is 14.6. The second-order valence-corrected chi connectivity index (χ2v) is 8.65. The summed E-state index contributed by atoms with van der Waals surface area (Å²) in [4.78, 5) is 42.4. The van der Waals surface area contributed by atoms with E-state index in [-0.39, 0.29) is 35.3 Å². The summed E-state index contributed by atoms with van der Waals surface area (Å²) in [5.41, 5.74) is -0.593. The van der Waals surface area contributed by atoms with Crippen LogP contribution in [0.25, 0.3) is 0 Å². The van der Waals surface area contributed by atoms with E-state index in [0.717, 1.165) is 6.42 Å². The molecule has 2 aliphatic heterocycles. The number of aromatic hydroxyl groups is 1. The van der Waals surface area contributed by atoms with E-state index in [4.69, 9.17) is 11.6 Å². The van der Waals surface area contributed by atoms with Crippen LogP contribution >= 0.6 is 11.6 Å². The van der Waals surface area contributed by atoms with Crippen LogP contribution < -0.4 is 5.56 Å². The molecule has 0 radical (unpaired) electrons. The Morgan fingerprint density at radius 3 is 2.58 bits per heavy atom. The van der Waals surface area contributed by atoms with Crippen LogP contribution in [0.3, 0.4) is 0 Å². The standard InChI is InChI=1S/C22H23ClFN3O4/c1-4-8-22(2)25(3)20(30)17-13-7-9-26(11-12-5-6-15(24)14(23)10-12)19(29)16(13)18(28)21(31)27(17)22/h5-6,10,28H,4,7-9,11H2,1-3H3. The lowest BCUT2D eigenvalue weighted by atomic mass is 9.95. The molecule has 1 aromatic carbocycles. The topological polar surface area (TPSA) is 82.9 Å². The van der Waals surface area contributed by atoms with Crippen molar-refractivity contribution in [1.82, 2.24) is 14.4 Å². The third-order valence-corrected chi connectivity index (χ3v) is 6.67. The predicted octanol–water partition coefficient (Wildman–Crippen LogP) is 3.10. The van der Waals surface area contributed by atoms with Crippen molar-refractivity contribution in [2.45, 2.75) is 45.3 Å². The molecule has 4 rings (SSSR count). The molecule has 2 aliphatic rings. The van der Waals surface area contributed by atoms with Gasteiger partial charge in [-0.2, -0.15) is 0 Å². The summed E-state index contributed by atoms with van der Waals surface area (Å²) < 4.78 is 14.8. The van der Waals surface area contributed by atoms with E-state index in [0.29, 0.717) is 24.0 Å². The van der Waals surface area contributed by atoms with Crippen LogP contribution in [-0.2, 0) is 18.6 Å². The van der Waals surface area contributed by atoms with Gasteiger partial charge in [0.1, 0.15) is 17.2 Å². The van der Waals surface area contributed by atoms with Crippen molar-refractivity contribution >= 4 is 23.4 Å². The lowest BCUT2D eigenvalue weighted by molar-refractivity contribution is 0.0511. The summed E-state index contributed by atoms with van der Waals surface area (Å²) in [5, 5.41) is 10.7. The Morgan fingerprint density at radius 1 is 1.23 bits per heavy atom. The molecule has 9 heteroatoms. The zero-order chi connectivity index (χ0) is 22.7. The fraction of sp³-hybridized carbons (Fsp3) is 0.409. The molecule has 2 aromatic rings. The molecular formula is C22H23ClFN3O4. The highest BCUT2D eigenvalue weighted by molar-refractivity contribution is 6.30. The van der Waals surface area contributed by atoms with Crippen LogP contribution in [0.5, 0.6) is 5.75 Å². The number of rotatable bonds is 4. The molecule has 1 atom stereocenters. The Hall–Kier alpha value is -2.87. The van der Waals surface area contributed by atoms with Gasteiger partial charge in [0, 0.05) is 25.7 Å². The number of benzene rings is 1. The zero-order valence-electron chi connectivity index (χ0n) is 17.5. The van der Waals surface area contributed by atoms with E-state index in [1.807, 2.05) is 6.92 Å². The molecule has 0 fully saturated rings. The highest BCUT2D eigenvalue weighted by Gasteiger charge is 2.48. The van der Waals surface area contributed by atoms with Crippen LogP contribution in [-0.4, -0.2) is 44.9 Å². The van der Waals surface area contributed by atoms with Gasteiger partial charge in [-0.05, 0) is 37.5 Å². The SMILES string of the molecule is CCCC1(C)N(C)C(=O)c2c3c(c(O)c(=O)n21)C(=O)N(Cc1ccc(F)c(Cl)c1)CC3. The Bertz CT molecular complexity index is 1180. The number of hydrogen-bond donors (Lipinski definition) is 1. The summed E-state index contributed by atoms with van der Waals surface area (Å²) in [6, 6.07) is 4.18. The molecule has 164 valence electrons. The maximum Gasteiger partial charge on any atom is 0.296 e. The highest BCUT2D eigenvalue weighted by Crippen LogP contribution is 2.39. The third kappa shape index (κ3) is 3.04. The van der Waals surface area contributed by atoms with Crippen molar-refractivity contribution in [2.75, 3.05) is 13.6 Å². The molecule has 0 spiro atoms. The largest absolute Gasteiger partial charge is 0.502 e. The lowest BCUT2D eigenvalue weighted by Crippen LogP contribution is -2.46. The summed E-state index contributed by atoms with van der Waals surface area (Å²) in [6.45, 7) is 4.16. The number of hydrogen-bond acceptors (Lipinski definition) is 4. The predicted molar refractivity (Wildman–Crippen MR) is 113 cm³/mol. The summed E-state index contributed by atoms with van der Waals surface area (Å²) in [5.74, 6) is -2.08. The van der Waals surface area contributed by atoms with Gasteiger partial charge >= 0.3 is 0 Å². The summed E-state index contributed by atoms with van der Waals surface area (Å²) in [7, 11) is 1.63. The smallest absolute Gasteiger partial charge is 0.296 e. The van der Waals surface area contributed by atoms with Crippen LogP contribution in [0.4, 0.5) is 4.39 Å². The number of pyridine rings is 1. The minimum atomic E-state index is -0.907. The molecule has 1 N–H and O–H groups in total. The minimum absolute atomic E-state index is 0.0508. The molecule has 1 aromatic heterocycles. The van der Waals surface area contributed by atoms with E-state index >= 15 is 0 Å². The Balaban J connectivity index is 1.80. The Labute approximate surface area is 183 Å². The first kappa shape index (κ1) is 21.4.